The standard InChI is InChI=1S/C19H22N2O4/c1-23-16-6-3-7-17(24-2)18(16)13-9-14(11-20-10-13)19(22)21-12-15-5-4-8-25-15/h3,6-7,9-11,15H,4-5,8,12H2,1-2H3,(H,21,22)/t15-/m0/s1. The van der Waals surface area contributed by atoms with Crippen LogP contribution in [-0.4, -0.2) is 44.4 Å². The van der Waals surface area contributed by atoms with E-state index in [0.717, 1.165) is 30.6 Å². The van der Waals surface area contributed by atoms with Crippen molar-refractivity contribution >= 4 is 5.91 Å². The predicted octanol–water partition coefficient (Wildman–Crippen LogP) is 2.67. The molecule has 1 fully saturated rings. The number of amides is 1. The third kappa shape index (κ3) is 3.91. The van der Waals surface area contributed by atoms with Gasteiger partial charge in [0.15, 0.2) is 0 Å². The van der Waals surface area contributed by atoms with Crippen molar-refractivity contribution in [1.82, 2.24) is 10.3 Å². The van der Waals surface area contributed by atoms with E-state index in [9.17, 15) is 4.79 Å². The van der Waals surface area contributed by atoms with Crippen LogP contribution in [0, 0.1) is 0 Å². The van der Waals surface area contributed by atoms with Gasteiger partial charge in [0.05, 0.1) is 31.5 Å². The molecule has 0 saturated carbocycles. The summed E-state index contributed by atoms with van der Waals surface area (Å²) in [6.45, 7) is 1.28. The Morgan fingerprint density at radius 3 is 2.68 bits per heavy atom. The monoisotopic (exact) mass is 342 g/mol. The van der Waals surface area contributed by atoms with Gasteiger partial charge in [0.25, 0.3) is 5.91 Å². The second-order valence-electron chi connectivity index (χ2n) is 5.84. The predicted molar refractivity (Wildman–Crippen MR) is 94.1 cm³/mol. The molecule has 0 aliphatic carbocycles. The molecule has 1 aliphatic heterocycles. The Morgan fingerprint density at radius 1 is 1.28 bits per heavy atom. The lowest BCUT2D eigenvalue weighted by Gasteiger charge is -2.14. The number of carbonyl (C=O) groups excluding carboxylic acids is 1. The van der Waals surface area contributed by atoms with E-state index in [-0.39, 0.29) is 12.0 Å². The van der Waals surface area contributed by atoms with Crippen LogP contribution >= 0.6 is 0 Å². The van der Waals surface area contributed by atoms with Crippen LogP contribution in [0.25, 0.3) is 11.1 Å². The second kappa shape index (κ2) is 7.98. The quantitative estimate of drug-likeness (QED) is 0.874. The molecule has 1 aromatic heterocycles. The van der Waals surface area contributed by atoms with Crippen LogP contribution in [0.1, 0.15) is 23.2 Å². The van der Waals surface area contributed by atoms with Crippen molar-refractivity contribution in [2.45, 2.75) is 18.9 Å². The summed E-state index contributed by atoms with van der Waals surface area (Å²) in [5.74, 6) is 1.16. The van der Waals surface area contributed by atoms with E-state index in [2.05, 4.69) is 10.3 Å². The zero-order valence-electron chi connectivity index (χ0n) is 14.5. The second-order valence-corrected chi connectivity index (χ2v) is 5.84. The summed E-state index contributed by atoms with van der Waals surface area (Å²) in [7, 11) is 3.20. The maximum Gasteiger partial charge on any atom is 0.252 e. The van der Waals surface area contributed by atoms with E-state index in [1.54, 1.807) is 32.7 Å². The number of hydrogen-bond acceptors (Lipinski definition) is 5. The van der Waals surface area contributed by atoms with Crippen molar-refractivity contribution in [2.75, 3.05) is 27.4 Å². The number of nitrogens with zero attached hydrogens (tertiary/aromatic N) is 1. The Kier molecular flexibility index (Phi) is 5.50. The molecule has 0 bridgehead atoms. The van der Waals surface area contributed by atoms with E-state index in [1.807, 2.05) is 18.2 Å². The number of benzene rings is 1. The fourth-order valence-corrected chi connectivity index (χ4v) is 2.95. The van der Waals surface area contributed by atoms with Gasteiger partial charge in [-0.15, -0.1) is 0 Å². The molecule has 1 atom stereocenters. The first-order valence-electron chi connectivity index (χ1n) is 8.29. The van der Waals surface area contributed by atoms with Crippen LogP contribution in [0.15, 0.2) is 36.7 Å². The number of rotatable bonds is 6. The van der Waals surface area contributed by atoms with Crippen molar-refractivity contribution in [3.8, 4) is 22.6 Å². The molecule has 0 unspecified atom stereocenters. The number of pyridine rings is 1. The van der Waals surface area contributed by atoms with Gasteiger partial charge in [-0.3, -0.25) is 9.78 Å². The number of methoxy groups -OCH3 is 2. The van der Waals surface area contributed by atoms with Crippen LogP contribution in [0.3, 0.4) is 0 Å². The number of hydrogen-bond donors (Lipinski definition) is 1. The normalized spacial score (nSPS) is 16.5. The first-order chi connectivity index (χ1) is 12.2. The fourth-order valence-electron chi connectivity index (χ4n) is 2.95. The third-order valence-electron chi connectivity index (χ3n) is 4.23. The van der Waals surface area contributed by atoms with Crippen molar-refractivity contribution in [2.24, 2.45) is 0 Å². The summed E-state index contributed by atoms with van der Waals surface area (Å²) in [6, 6.07) is 7.34. The molecule has 2 aromatic rings. The molecule has 1 amide bonds. The van der Waals surface area contributed by atoms with Gasteiger partial charge >= 0.3 is 0 Å². The molecule has 1 aliphatic rings. The van der Waals surface area contributed by atoms with Crippen LogP contribution in [0.4, 0.5) is 0 Å². The molecular formula is C19H22N2O4. The van der Waals surface area contributed by atoms with Gasteiger partial charge in [-0.2, -0.15) is 0 Å². The highest BCUT2D eigenvalue weighted by atomic mass is 16.5. The first-order valence-corrected chi connectivity index (χ1v) is 8.29. The van der Waals surface area contributed by atoms with Gasteiger partial charge in [0.2, 0.25) is 0 Å². The molecule has 25 heavy (non-hydrogen) atoms. The highest BCUT2D eigenvalue weighted by Gasteiger charge is 2.18. The Morgan fingerprint density at radius 2 is 2.04 bits per heavy atom. The van der Waals surface area contributed by atoms with Crippen LogP contribution in [-0.2, 0) is 4.74 Å². The minimum atomic E-state index is -0.168. The summed E-state index contributed by atoms with van der Waals surface area (Å²) < 4.78 is 16.4. The lowest BCUT2D eigenvalue weighted by molar-refractivity contribution is 0.0857. The third-order valence-corrected chi connectivity index (χ3v) is 4.23. The number of carbonyl (C=O) groups is 1. The Hall–Kier alpha value is -2.60. The summed E-state index contributed by atoms with van der Waals surface area (Å²) in [5.41, 5.74) is 2.02. The van der Waals surface area contributed by atoms with Gasteiger partial charge in [-0.1, -0.05) is 6.07 Å². The summed E-state index contributed by atoms with van der Waals surface area (Å²) in [5, 5.41) is 2.91. The zero-order valence-corrected chi connectivity index (χ0v) is 14.5. The van der Waals surface area contributed by atoms with Crippen molar-refractivity contribution < 1.29 is 19.0 Å². The van der Waals surface area contributed by atoms with Gasteiger partial charge in [0, 0.05) is 31.1 Å². The van der Waals surface area contributed by atoms with Gasteiger partial charge in [0.1, 0.15) is 11.5 Å². The van der Waals surface area contributed by atoms with E-state index < -0.39 is 0 Å². The topological polar surface area (TPSA) is 69.7 Å². The van der Waals surface area contributed by atoms with Crippen LogP contribution in [0.2, 0.25) is 0 Å². The minimum absolute atomic E-state index is 0.106. The largest absolute Gasteiger partial charge is 0.496 e. The zero-order chi connectivity index (χ0) is 17.6. The molecule has 132 valence electrons. The highest BCUT2D eigenvalue weighted by Crippen LogP contribution is 2.38. The fraction of sp³-hybridized carbons (Fsp3) is 0.368. The number of aromatic nitrogens is 1. The van der Waals surface area contributed by atoms with E-state index in [0.29, 0.717) is 23.6 Å². The SMILES string of the molecule is COc1cccc(OC)c1-c1cncc(C(=O)NC[C@@H]2CCCO2)c1. The highest BCUT2D eigenvalue weighted by molar-refractivity contribution is 5.95. The van der Waals surface area contributed by atoms with Crippen molar-refractivity contribution in [1.29, 1.82) is 0 Å². The summed E-state index contributed by atoms with van der Waals surface area (Å²) in [4.78, 5) is 16.6. The lowest BCUT2D eigenvalue weighted by atomic mass is 10.0. The summed E-state index contributed by atoms with van der Waals surface area (Å²) in [6.07, 6.45) is 5.38. The Balaban J connectivity index is 1.83. The number of ether oxygens (including phenoxy) is 3. The van der Waals surface area contributed by atoms with Crippen LogP contribution < -0.4 is 14.8 Å². The average Bonchev–Trinajstić information content (AvgIpc) is 3.19. The van der Waals surface area contributed by atoms with Gasteiger partial charge in [-0.05, 0) is 31.0 Å². The molecule has 1 N–H and O–H groups in total. The molecule has 0 spiro atoms. The molecule has 6 heteroatoms. The smallest absolute Gasteiger partial charge is 0.252 e. The molecule has 1 aromatic carbocycles. The molecule has 2 heterocycles. The van der Waals surface area contributed by atoms with Gasteiger partial charge < -0.3 is 19.5 Å². The molecule has 6 nitrogen and oxygen atoms in total. The minimum Gasteiger partial charge on any atom is -0.496 e. The first kappa shape index (κ1) is 17.2. The summed E-state index contributed by atoms with van der Waals surface area (Å²) >= 11 is 0. The van der Waals surface area contributed by atoms with Crippen molar-refractivity contribution in [3.05, 3.63) is 42.2 Å². The molecular weight excluding hydrogens is 320 g/mol. The molecule has 3 rings (SSSR count). The maximum absolute atomic E-state index is 12.4. The molecule has 0 radical (unpaired) electrons. The Labute approximate surface area is 147 Å². The maximum atomic E-state index is 12.4. The van der Waals surface area contributed by atoms with E-state index >= 15 is 0 Å². The van der Waals surface area contributed by atoms with Gasteiger partial charge in [-0.25, -0.2) is 0 Å². The number of nitrogens with one attached hydrogen (secondary N) is 1. The average molecular weight is 342 g/mol. The van der Waals surface area contributed by atoms with E-state index in [1.165, 1.54) is 0 Å². The Bertz CT molecular complexity index is 720. The van der Waals surface area contributed by atoms with Crippen LogP contribution in [0.5, 0.6) is 11.5 Å². The van der Waals surface area contributed by atoms with Crippen molar-refractivity contribution in [3.63, 3.8) is 0 Å². The van der Waals surface area contributed by atoms with E-state index in [4.69, 9.17) is 14.2 Å². The lowest BCUT2D eigenvalue weighted by Crippen LogP contribution is -2.31. The molecule has 1 saturated heterocycles.